The van der Waals surface area contributed by atoms with E-state index in [1.165, 1.54) is 0 Å². The van der Waals surface area contributed by atoms with E-state index in [-0.39, 0.29) is 36.8 Å². The molecule has 0 radical (unpaired) electrons. The van der Waals surface area contributed by atoms with Crippen LogP contribution in [0.25, 0.3) is 10.9 Å². The van der Waals surface area contributed by atoms with Crippen LogP contribution in [0.4, 0.5) is 0 Å². The molecule has 1 aliphatic heterocycles. The second-order valence-electron chi connectivity index (χ2n) is 5.09. The second kappa shape index (κ2) is 7.97. The van der Waals surface area contributed by atoms with Crippen LogP contribution in [0.1, 0.15) is 17.4 Å². The van der Waals surface area contributed by atoms with Gasteiger partial charge in [-0.05, 0) is 25.1 Å². The van der Waals surface area contributed by atoms with Crippen molar-refractivity contribution in [1.82, 2.24) is 15.2 Å². The molecule has 2 heterocycles. The number of amides is 1. The Labute approximate surface area is 147 Å². The number of carbonyl (C=O) groups excluding carboxylic acids is 1. The predicted octanol–water partition coefficient (Wildman–Crippen LogP) is 3.17. The van der Waals surface area contributed by atoms with Crippen LogP contribution in [0, 0.1) is 0 Å². The third-order valence-electron chi connectivity index (χ3n) is 3.64. The lowest BCUT2D eigenvalue weighted by atomic mass is 10.1. The molecule has 0 bridgehead atoms. The Morgan fingerprint density at radius 1 is 1.32 bits per heavy atom. The Kier molecular flexibility index (Phi) is 6.88. The van der Waals surface area contributed by atoms with Gasteiger partial charge in [-0.15, -0.1) is 24.8 Å². The van der Waals surface area contributed by atoms with E-state index in [0.717, 1.165) is 30.5 Å². The molecule has 2 aromatic rings. The molecule has 1 N–H and O–H groups in total. The fraction of sp³-hybridized carbons (Fsp3) is 0.333. The first-order chi connectivity index (χ1) is 9.65. The summed E-state index contributed by atoms with van der Waals surface area (Å²) in [5.41, 5.74) is 1.24. The molecule has 3 rings (SSSR count). The fourth-order valence-electron chi connectivity index (χ4n) is 2.50. The van der Waals surface area contributed by atoms with Crippen molar-refractivity contribution in [3.8, 4) is 0 Å². The molecular formula is C15H18Cl3N3O. The van der Waals surface area contributed by atoms with Crippen LogP contribution < -0.4 is 5.32 Å². The van der Waals surface area contributed by atoms with E-state index in [0.29, 0.717) is 10.7 Å². The van der Waals surface area contributed by atoms with Crippen LogP contribution in [0.5, 0.6) is 0 Å². The molecule has 4 nitrogen and oxygen atoms in total. The van der Waals surface area contributed by atoms with E-state index in [1.807, 2.05) is 30.0 Å². The zero-order valence-electron chi connectivity index (χ0n) is 12.1. The molecule has 7 heteroatoms. The van der Waals surface area contributed by atoms with Gasteiger partial charge >= 0.3 is 0 Å². The molecule has 0 saturated carbocycles. The number of nitrogens with zero attached hydrogens (tertiary/aromatic N) is 2. The Balaban J connectivity index is 0.00000121. The minimum absolute atomic E-state index is 0. The van der Waals surface area contributed by atoms with E-state index >= 15 is 0 Å². The first-order valence-corrected chi connectivity index (χ1v) is 7.11. The largest absolute Gasteiger partial charge is 0.332 e. The lowest BCUT2D eigenvalue weighted by Gasteiger charge is -2.33. The van der Waals surface area contributed by atoms with E-state index in [4.69, 9.17) is 11.6 Å². The van der Waals surface area contributed by atoms with Gasteiger partial charge in [0.2, 0.25) is 0 Å². The maximum atomic E-state index is 12.5. The zero-order chi connectivity index (χ0) is 14.1. The minimum atomic E-state index is -0.0131. The molecule has 0 aliphatic carbocycles. The van der Waals surface area contributed by atoms with Gasteiger partial charge < -0.3 is 10.2 Å². The van der Waals surface area contributed by atoms with Gasteiger partial charge in [0.1, 0.15) is 5.69 Å². The Hall–Kier alpha value is -1.07. The summed E-state index contributed by atoms with van der Waals surface area (Å²) in [6, 6.07) is 9.41. The summed E-state index contributed by atoms with van der Waals surface area (Å²) in [6.07, 6.45) is 0. The second-order valence-corrected chi connectivity index (χ2v) is 5.52. The first-order valence-electron chi connectivity index (χ1n) is 6.73. The Morgan fingerprint density at radius 3 is 2.77 bits per heavy atom. The van der Waals surface area contributed by atoms with Gasteiger partial charge in [0.05, 0.1) is 5.52 Å². The minimum Gasteiger partial charge on any atom is -0.332 e. The van der Waals surface area contributed by atoms with Crippen molar-refractivity contribution in [2.24, 2.45) is 0 Å². The fourth-order valence-corrected chi connectivity index (χ4v) is 2.67. The number of hydrogen-bond donors (Lipinski definition) is 1. The number of nitrogens with one attached hydrogen (secondary N) is 1. The van der Waals surface area contributed by atoms with Crippen LogP contribution in [0.3, 0.4) is 0 Å². The van der Waals surface area contributed by atoms with Crippen molar-refractivity contribution in [3.05, 3.63) is 41.0 Å². The highest BCUT2D eigenvalue weighted by Crippen LogP contribution is 2.19. The molecule has 1 unspecified atom stereocenters. The molecular weight excluding hydrogens is 345 g/mol. The Bertz CT molecular complexity index is 666. The number of pyridine rings is 1. The van der Waals surface area contributed by atoms with Crippen LogP contribution >= 0.6 is 36.4 Å². The number of piperazine rings is 1. The van der Waals surface area contributed by atoms with Crippen LogP contribution in [-0.4, -0.2) is 41.5 Å². The molecule has 1 aromatic heterocycles. The van der Waals surface area contributed by atoms with Crippen LogP contribution in [0.2, 0.25) is 5.02 Å². The van der Waals surface area contributed by atoms with E-state index < -0.39 is 0 Å². The smallest absolute Gasteiger partial charge is 0.272 e. The predicted molar refractivity (Wildman–Crippen MR) is 94.6 cm³/mol. The molecule has 1 atom stereocenters. The van der Waals surface area contributed by atoms with Crippen LogP contribution in [0.15, 0.2) is 30.3 Å². The van der Waals surface area contributed by atoms with Crippen molar-refractivity contribution in [3.63, 3.8) is 0 Å². The highest BCUT2D eigenvalue weighted by Gasteiger charge is 2.24. The van der Waals surface area contributed by atoms with Gasteiger partial charge in [-0.3, -0.25) is 4.79 Å². The summed E-state index contributed by atoms with van der Waals surface area (Å²) in [5, 5.41) is 4.89. The van der Waals surface area contributed by atoms with Gasteiger partial charge in [0, 0.05) is 36.1 Å². The standard InChI is InChI=1S/C15H16ClN3O.2ClH/c1-10-9-17-6-7-19(10)15(20)13-5-3-11-2-4-12(16)8-14(11)18-13;;/h2-5,8,10,17H,6-7,9H2,1H3;2*1H. The molecule has 1 aliphatic rings. The third kappa shape index (κ3) is 3.82. The van der Waals surface area contributed by atoms with Gasteiger partial charge in [0.25, 0.3) is 5.91 Å². The highest BCUT2D eigenvalue weighted by atomic mass is 35.5. The highest BCUT2D eigenvalue weighted by molar-refractivity contribution is 6.31. The summed E-state index contributed by atoms with van der Waals surface area (Å²) < 4.78 is 0. The quantitative estimate of drug-likeness (QED) is 0.847. The normalized spacial score (nSPS) is 17.5. The van der Waals surface area contributed by atoms with Crippen molar-refractivity contribution in [1.29, 1.82) is 0 Å². The molecule has 120 valence electrons. The summed E-state index contributed by atoms with van der Waals surface area (Å²) in [5.74, 6) is -0.0131. The summed E-state index contributed by atoms with van der Waals surface area (Å²) >= 11 is 5.98. The monoisotopic (exact) mass is 361 g/mol. The summed E-state index contributed by atoms with van der Waals surface area (Å²) in [7, 11) is 0. The molecule has 1 saturated heterocycles. The third-order valence-corrected chi connectivity index (χ3v) is 3.87. The number of fused-ring (bicyclic) bond motifs is 1. The molecule has 1 aromatic carbocycles. The number of aromatic nitrogens is 1. The molecule has 0 spiro atoms. The van der Waals surface area contributed by atoms with Gasteiger partial charge in [0.15, 0.2) is 0 Å². The maximum Gasteiger partial charge on any atom is 0.272 e. The number of hydrogen-bond acceptors (Lipinski definition) is 3. The number of benzene rings is 1. The number of carbonyl (C=O) groups is 1. The lowest BCUT2D eigenvalue weighted by Crippen LogP contribution is -2.52. The van der Waals surface area contributed by atoms with Crippen molar-refractivity contribution < 1.29 is 4.79 Å². The van der Waals surface area contributed by atoms with Crippen molar-refractivity contribution >= 4 is 53.2 Å². The Morgan fingerprint density at radius 2 is 2.05 bits per heavy atom. The average Bonchev–Trinajstić information content (AvgIpc) is 2.46. The van der Waals surface area contributed by atoms with Crippen molar-refractivity contribution in [2.75, 3.05) is 19.6 Å². The SMILES string of the molecule is CC1CNCCN1C(=O)c1ccc2ccc(Cl)cc2n1.Cl.Cl. The van der Waals surface area contributed by atoms with Gasteiger partial charge in [-0.2, -0.15) is 0 Å². The van der Waals surface area contributed by atoms with Crippen LogP contribution in [-0.2, 0) is 0 Å². The van der Waals surface area contributed by atoms with Crippen molar-refractivity contribution in [2.45, 2.75) is 13.0 Å². The first kappa shape index (κ1) is 19.0. The van der Waals surface area contributed by atoms with E-state index in [2.05, 4.69) is 10.3 Å². The topological polar surface area (TPSA) is 45.2 Å². The van der Waals surface area contributed by atoms with E-state index in [9.17, 15) is 4.79 Å². The van der Waals surface area contributed by atoms with Gasteiger partial charge in [-0.1, -0.05) is 23.7 Å². The molecule has 1 fully saturated rings. The van der Waals surface area contributed by atoms with Gasteiger partial charge in [-0.25, -0.2) is 4.98 Å². The average molecular weight is 363 g/mol. The van der Waals surface area contributed by atoms with E-state index in [1.54, 1.807) is 12.1 Å². The number of halogens is 3. The molecule has 1 amide bonds. The number of rotatable bonds is 1. The summed E-state index contributed by atoms with van der Waals surface area (Å²) in [6.45, 7) is 4.41. The summed E-state index contributed by atoms with van der Waals surface area (Å²) in [4.78, 5) is 18.9. The zero-order valence-corrected chi connectivity index (χ0v) is 14.5. The lowest BCUT2D eigenvalue weighted by molar-refractivity contribution is 0.0650. The molecule has 22 heavy (non-hydrogen) atoms. The maximum absolute atomic E-state index is 12.5.